The van der Waals surface area contributed by atoms with Gasteiger partial charge in [0.1, 0.15) is 0 Å². The molecule has 2 aromatic carbocycles. The molecule has 0 radical (unpaired) electrons. The fourth-order valence-corrected chi connectivity index (χ4v) is 4.08. The number of aromatic nitrogens is 4. The number of nitrogens with one attached hydrogen (secondary N) is 1. The van der Waals surface area contributed by atoms with Crippen molar-refractivity contribution in [3.05, 3.63) is 93.2 Å². The fourth-order valence-electron chi connectivity index (χ4n) is 3.07. The van der Waals surface area contributed by atoms with Gasteiger partial charge >= 0.3 is 0 Å². The average Bonchev–Trinajstić information content (AvgIpc) is 3.31. The summed E-state index contributed by atoms with van der Waals surface area (Å²) in [6.45, 7) is 1.71. The molecule has 0 aliphatic rings. The summed E-state index contributed by atoms with van der Waals surface area (Å²) in [5.41, 5.74) is 5.39. The molecule has 2 heterocycles. The van der Waals surface area contributed by atoms with Crippen molar-refractivity contribution in [1.82, 2.24) is 25.2 Å². The van der Waals surface area contributed by atoms with Gasteiger partial charge in [-0.2, -0.15) is 5.10 Å². The molecule has 35 heavy (non-hydrogen) atoms. The summed E-state index contributed by atoms with van der Waals surface area (Å²) in [4.78, 5) is 26.8. The molecule has 1 N–H and O–H groups in total. The molecule has 4 rings (SSSR count). The zero-order chi connectivity index (χ0) is 24.8. The Kier molecular flexibility index (Phi) is 7.63. The molecule has 176 valence electrons. The van der Waals surface area contributed by atoms with Crippen LogP contribution in [0.25, 0.3) is 17.1 Å². The Morgan fingerprint density at radius 1 is 1.09 bits per heavy atom. The summed E-state index contributed by atoms with van der Waals surface area (Å²) < 4.78 is 2.82. The van der Waals surface area contributed by atoms with Gasteiger partial charge in [-0.3, -0.25) is 24.5 Å². The van der Waals surface area contributed by atoms with Crippen LogP contribution >= 0.6 is 27.7 Å². The van der Waals surface area contributed by atoms with E-state index in [1.54, 1.807) is 31.5 Å². The highest BCUT2D eigenvalue weighted by Crippen LogP contribution is 2.28. The number of hydrogen-bond donors (Lipinski definition) is 1. The highest BCUT2D eigenvalue weighted by Gasteiger charge is 2.17. The molecule has 0 saturated carbocycles. The van der Waals surface area contributed by atoms with Crippen LogP contribution in [0.2, 0.25) is 0 Å². The number of amides is 1. The minimum absolute atomic E-state index is 0.0111. The van der Waals surface area contributed by atoms with Gasteiger partial charge in [0.25, 0.3) is 11.6 Å². The Hall–Kier alpha value is -3.90. The van der Waals surface area contributed by atoms with E-state index in [0.29, 0.717) is 22.3 Å². The second kappa shape index (κ2) is 11.0. The van der Waals surface area contributed by atoms with Crippen LogP contribution in [0.4, 0.5) is 5.69 Å². The monoisotopic (exact) mass is 551 g/mol. The number of halogens is 1. The smallest absolute Gasteiger partial charge is 0.269 e. The lowest BCUT2D eigenvalue weighted by molar-refractivity contribution is -0.384. The number of rotatable bonds is 8. The van der Waals surface area contributed by atoms with Crippen LogP contribution in [0.1, 0.15) is 12.5 Å². The highest BCUT2D eigenvalue weighted by atomic mass is 79.9. The molecule has 0 fully saturated rings. The van der Waals surface area contributed by atoms with Gasteiger partial charge in [-0.15, -0.1) is 10.2 Å². The normalized spacial score (nSPS) is 11.3. The number of hydrazone groups is 1. The Labute approximate surface area is 212 Å². The Balaban J connectivity index is 1.48. The first-order valence-corrected chi connectivity index (χ1v) is 12.0. The van der Waals surface area contributed by atoms with E-state index in [2.05, 4.69) is 41.6 Å². The number of nitrogens with zero attached hydrogens (tertiary/aromatic N) is 6. The van der Waals surface area contributed by atoms with E-state index >= 15 is 0 Å². The first-order chi connectivity index (χ1) is 16.9. The van der Waals surface area contributed by atoms with Crippen molar-refractivity contribution >= 4 is 45.0 Å². The number of hydrogen-bond acceptors (Lipinski definition) is 8. The number of non-ortho nitro benzene ring substituents is 1. The van der Waals surface area contributed by atoms with Gasteiger partial charge in [-0.1, -0.05) is 27.7 Å². The van der Waals surface area contributed by atoms with Crippen molar-refractivity contribution in [1.29, 1.82) is 0 Å². The lowest BCUT2D eigenvalue weighted by Gasteiger charge is -2.10. The van der Waals surface area contributed by atoms with Crippen molar-refractivity contribution in [3.63, 3.8) is 0 Å². The van der Waals surface area contributed by atoms with Gasteiger partial charge < -0.3 is 0 Å². The first kappa shape index (κ1) is 24.2. The predicted octanol–water partition coefficient (Wildman–Crippen LogP) is 4.63. The molecule has 0 atom stereocenters. The maximum absolute atomic E-state index is 12.5. The Morgan fingerprint density at radius 3 is 2.43 bits per heavy atom. The zero-order valence-corrected chi connectivity index (χ0v) is 20.7. The van der Waals surface area contributed by atoms with Crippen LogP contribution in [0, 0.1) is 10.1 Å². The SMILES string of the molecule is C/C(=N\NC(=O)CSc1nnc(-c2ccncc2)n1-c1ccc(Br)cc1)c1ccc([N+](=O)[O-])cc1. The molecule has 0 aliphatic heterocycles. The summed E-state index contributed by atoms with van der Waals surface area (Å²) in [6.07, 6.45) is 3.36. The third-order valence-corrected chi connectivity index (χ3v) is 6.29. The van der Waals surface area contributed by atoms with Crippen LogP contribution < -0.4 is 5.43 Å². The van der Waals surface area contributed by atoms with Crippen molar-refractivity contribution in [2.45, 2.75) is 12.1 Å². The van der Waals surface area contributed by atoms with Crippen molar-refractivity contribution in [2.24, 2.45) is 5.10 Å². The molecule has 0 aliphatic carbocycles. The van der Waals surface area contributed by atoms with Crippen LogP contribution in [0.3, 0.4) is 0 Å². The third kappa shape index (κ3) is 5.97. The number of nitro groups is 1. The van der Waals surface area contributed by atoms with Crippen LogP contribution in [0.15, 0.2) is 87.8 Å². The van der Waals surface area contributed by atoms with E-state index in [1.165, 1.54) is 23.9 Å². The lowest BCUT2D eigenvalue weighted by atomic mass is 10.1. The number of benzene rings is 2. The molecule has 0 unspecified atom stereocenters. The van der Waals surface area contributed by atoms with E-state index in [4.69, 9.17) is 0 Å². The van der Waals surface area contributed by atoms with Gasteiger partial charge in [-0.05, 0) is 61.0 Å². The van der Waals surface area contributed by atoms with Crippen LogP contribution in [-0.2, 0) is 4.79 Å². The summed E-state index contributed by atoms with van der Waals surface area (Å²) in [6, 6.07) is 17.3. The van der Waals surface area contributed by atoms with E-state index in [0.717, 1.165) is 15.7 Å². The molecule has 12 heteroatoms. The molecular formula is C23H18BrN7O3S. The van der Waals surface area contributed by atoms with Crippen LogP contribution in [0.5, 0.6) is 0 Å². The van der Waals surface area contributed by atoms with Gasteiger partial charge in [0.15, 0.2) is 11.0 Å². The summed E-state index contributed by atoms with van der Waals surface area (Å²) in [7, 11) is 0. The van der Waals surface area contributed by atoms with Crippen molar-refractivity contribution < 1.29 is 9.72 Å². The van der Waals surface area contributed by atoms with Gasteiger partial charge in [0.2, 0.25) is 0 Å². The average molecular weight is 552 g/mol. The summed E-state index contributed by atoms with van der Waals surface area (Å²) >= 11 is 4.67. The van der Waals surface area contributed by atoms with Gasteiger partial charge in [0.05, 0.1) is 16.4 Å². The van der Waals surface area contributed by atoms with E-state index in [9.17, 15) is 14.9 Å². The molecule has 1 amide bonds. The molecular weight excluding hydrogens is 534 g/mol. The topological polar surface area (TPSA) is 128 Å². The molecule has 10 nitrogen and oxygen atoms in total. The third-order valence-electron chi connectivity index (χ3n) is 4.83. The molecule has 0 bridgehead atoms. The summed E-state index contributed by atoms with van der Waals surface area (Å²) in [5.74, 6) is 0.360. The Bertz CT molecular complexity index is 1370. The second-order valence-electron chi connectivity index (χ2n) is 7.18. The largest absolute Gasteiger partial charge is 0.272 e. The van der Waals surface area contributed by atoms with E-state index < -0.39 is 4.92 Å². The van der Waals surface area contributed by atoms with Crippen molar-refractivity contribution in [3.8, 4) is 17.1 Å². The standard InChI is InChI=1S/C23H18BrN7O3S/c1-15(16-2-6-20(7-3-16)31(33)34)26-27-21(32)14-35-23-29-28-22(17-10-12-25-13-11-17)30(23)19-8-4-18(24)5-9-19/h2-13H,14H2,1H3,(H,27,32)/b26-15+. The minimum atomic E-state index is -0.470. The maximum Gasteiger partial charge on any atom is 0.269 e. The predicted molar refractivity (Wildman–Crippen MR) is 136 cm³/mol. The van der Waals surface area contributed by atoms with Gasteiger partial charge in [0, 0.05) is 40.2 Å². The number of pyridine rings is 1. The fraction of sp³-hybridized carbons (Fsp3) is 0.0870. The number of nitro benzene ring substituents is 1. The first-order valence-electron chi connectivity index (χ1n) is 10.2. The molecule has 0 saturated heterocycles. The Morgan fingerprint density at radius 2 is 1.77 bits per heavy atom. The molecule has 4 aromatic rings. The molecule has 0 spiro atoms. The second-order valence-corrected chi connectivity index (χ2v) is 9.04. The van der Waals surface area contributed by atoms with Crippen molar-refractivity contribution in [2.75, 3.05) is 5.75 Å². The molecule has 2 aromatic heterocycles. The summed E-state index contributed by atoms with van der Waals surface area (Å²) in [5, 5.41) is 24.1. The minimum Gasteiger partial charge on any atom is -0.272 e. The van der Waals surface area contributed by atoms with Gasteiger partial charge in [-0.25, -0.2) is 5.43 Å². The van der Waals surface area contributed by atoms with E-state index in [1.807, 2.05) is 41.0 Å². The lowest BCUT2D eigenvalue weighted by Crippen LogP contribution is -2.21. The van der Waals surface area contributed by atoms with Crippen LogP contribution in [-0.4, -0.2) is 42.0 Å². The number of thioether (sulfide) groups is 1. The zero-order valence-electron chi connectivity index (χ0n) is 18.3. The highest BCUT2D eigenvalue weighted by molar-refractivity contribution is 9.10. The quantitative estimate of drug-likeness (QED) is 0.146. The van der Waals surface area contributed by atoms with E-state index in [-0.39, 0.29) is 17.3 Å². The maximum atomic E-state index is 12.5. The number of carbonyl (C=O) groups excluding carboxylic acids is 1. The number of carbonyl (C=O) groups is 1.